The highest BCUT2D eigenvalue weighted by atomic mass is 79.9. The average Bonchev–Trinajstić information content (AvgIpc) is 2.79. The van der Waals surface area contributed by atoms with Gasteiger partial charge in [-0.05, 0) is 62.4 Å². The van der Waals surface area contributed by atoms with Gasteiger partial charge in [0.1, 0.15) is 5.82 Å². The van der Waals surface area contributed by atoms with E-state index in [1.165, 1.54) is 0 Å². The minimum atomic E-state index is -0.588. The number of aryl methyl sites for hydroxylation is 1. The molecule has 2 aliphatic heterocycles. The molecule has 1 aromatic carbocycles. The molecule has 1 unspecified atom stereocenters. The van der Waals surface area contributed by atoms with Gasteiger partial charge in [-0.1, -0.05) is 34.1 Å². The molecule has 4 rings (SSSR count). The van der Waals surface area contributed by atoms with E-state index in [4.69, 9.17) is 4.74 Å². The summed E-state index contributed by atoms with van der Waals surface area (Å²) in [4.78, 5) is 33.0. The van der Waals surface area contributed by atoms with E-state index < -0.39 is 5.41 Å². The topological polar surface area (TPSA) is 71.5 Å². The summed E-state index contributed by atoms with van der Waals surface area (Å²) in [5.41, 5.74) is 1.30. The zero-order chi connectivity index (χ0) is 21.8. The Morgan fingerprint density at radius 3 is 2.61 bits per heavy atom. The van der Waals surface area contributed by atoms with Crippen LogP contribution in [0.25, 0.3) is 0 Å². The molecule has 1 atom stereocenters. The number of aromatic nitrogens is 1. The Balaban J connectivity index is 1.51. The zero-order valence-electron chi connectivity index (χ0n) is 17.8. The van der Waals surface area contributed by atoms with Crippen molar-refractivity contribution in [1.82, 2.24) is 9.88 Å². The van der Waals surface area contributed by atoms with E-state index in [-0.39, 0.29) is 17.7 Å². The van der Waals surface area contributed by atoms with Crippen molar-refractivity contribution in [2.24, 2.45) is 5.92 Å². The maximum atomic E-state index is 13.8. The van der Waals surface area contributed by atoms with E-state index >= 15 is 0 Å². The lowest BCUT2D eigenvalue weighted by atomic mass is 9.72. The van der Waals surface area contributed by atoms with E-state index in [0.29, 0.717) is 45.0 Å². The fraction of sp³-hybridized carbons (Fsp3) is 0.458. The molecule has 0 saturated carbocycles. The second kappa shape index (κ2) is 9.49. The maximum absolute atomic E-state index is 13.8. The number of anilines is 1. The van der Waals surface area contributed by atoms with E-state index in [1.807, 2.05) is 48.2 Å². The number of pyridine rings is 1. The predicted molar refractivity (Wildman–Crippen MR) is 123 cm³/mol. The molecule has 0 bridgehead atoms. The molecule has 1 N–H and O–H groups in total. The number of halogens is 1. The monoisotopic (exact) mass is 485 g/mol. The number of hydrogen-bond donors (Lipinski definition) is 1. The largest absolute Gasteiger partial charge is 0.381 e. The van der Waals surface area contributed by atoms with Crippen molar-refractivity contribution in [1.29, 1.82) is 0 Å². The highest BCUT2D eigenvalue weighted by Gasteiger charge is 2.45. The summed E-state index contributed by atoms with van der Waals surface area (Å²) < 4.78 is 6.58. The van der Waals surface area contributed by atoms with E-state index in [2.05, 4.69) is 26.2 Å². The van der Waals surface area contributed by atoms with Crippen LogP contribution in [0.3, 0.4) is 0 Å². The zero-order valence-corrected chi connectivity index (χ0v) is 19.4. The first-order chi connectivity index (χ1) is 15.0. The van der Waals surface area contributed by atoms with Crippen LogP contribution in [-0.4, -0.2) is 48.0 Å². The molecule has 0 radical (unpaired) electrons. The van der Waals surface area contributed by atoms with Crippen LogP contribution in [0.1, 0.15) is 36.9 Å². The number of carbonyl (C=O) groups is 2. The van der Waals surface area contributed by atoms with Crippen LogP contribution < -0.4 is 5.32 Å². The molecule has 2 aromatic rings. The Kier molecular flexibility index (Phi) is 6.72. The minimum absolute atomic E-state index is 0.0692. The van der Waals surface area contributed by atoms with Crippen LogP contribution in [-0.2, 0) is 19.7 Å². The first-order valence-electron chi connectivity index (χ1n) is 10.9. The molecule has 164 valence electrons. The molecule has 2 amide bonds. The van der Waals surface area contributed by atoms with Crippen molar-refractivity contribution in [2.75, 3.05) is 31.6 Å². The highest BCUT2D eigenvalue weighted by molar-refractivity contribution is 9.10. The number of rotatable bonds is 4. The smallest absolute Gasteiger partial charge is 0.233 e. The molecule has 0 aliphatic carbocycles. The van der Waals surface area contributed by atoms with Crippen LogP contribution in [0.5, 0.6) is 0 Å². The van der Waals surface area contributed by atoms with Crippen molar-refractivity contribution < 1.29 is 14.3 Å². The molecule has 2 fully saturated rings. The third-order valence-corrected chi connectivity index (χ3v) is 6.90. The quantitative estimate of drug-likeness (QED) is 0.707. The van der Waals surface area contributed by atoms with Gasteiger partial charge in [-0.15, -0.1) is 0 Å². The number of likely N-dealkylation sites (tertiary alicyclic amines) is 1. The van der Waals surface area contributed by atoms with E-state index in [1.54, 1.807) is 6.07 Å². The fourth-order valence-electron chi connectivity index (χ4n) is 4.63. The van der Waals surface area contributed by atoms with Gasteiger partial charge in [0.2, 0.25) is 11.8 Å². The van der Waals surface area contributed by atoms with E-state index in [9.17, 15) is 9.59 Å². The van der Waals surface area contributed by atoms with Gasteiger partial charge in [-0.25, -0.2) is 4.98 Å². The van der Waals surface area contributed by atoms with Gasteiger partial charge in [0.05, 0.1) is 11.3 Å². The number of benzene rings is 1. The van der Waals surface area contributed by atoms with Crippen LogP contribution in [0.4, 0.5) is 5.82 Å². The fourth-order valence-corrected chi connectivity index (χ4v) is 4.90. The molecule has 0 spiro atoms. The lowest BCUT2D eigenvalue weighted by Gasteiger charge is -2.42. The lowest BCUT2D eigenvalue weighted by molar-refractivity contribution is -0.144. The molecule has 2 saturated heterocycles. The Morgan fingerprint density at radius 2 is 1.90 bits per heavy atom. The van der Waals surface area contributed by atoms with Crippen LogP contribution in [0.15, 0.2) is 46.9 Å². The summed E-state index contributed by atoms with van der Waals surface area (Å²) in [5, 5.41) is 2.93. The standard InChI is InChI=1S/C24H28BrN3O3/c1-17-4-2-6-21(26-17)27-22(29)18-5-3-13-28(16-18)23(30)24(11-14-31-15-12-24)19-7-9-20(25)10-8-19/h2,4,6-10,18H,3,5,11-16H2,1H3,(H,26,27,29). The Morgan fingerprint density at radius 1 is 1.16 bits per heavy atom. The predicted octanol–water partition coefficient (Wildman–Crippen LogP) is 4.08. The average molecular weight is 486 g/mol. The lowest BCUT2D eigenvalue weighted by Crippen LogP contribution is -2.53. The summed E-state index contributed by atoms with van der Waals surface area (Å²) in [6.45, 7) is 4.16. The second-order valence-corrected chi connectivity index (χ2v) is 9.36. The third-order valence-electron chi connectivity index (χ3n) is 6.37. The first-order valence-corrected chi connectivity index (χ1v) is 11.6. The van der Waals surface area contributed by atoms with Gasteiger partial charge in [0, 0.05) is 36.5 Å². The number of amides is 2. The number of hydrogen-bond acceptors (Lipinski definition) is 4. The molecule has 7 heteroatoms. The van der Waals surface area contributed by atoms with Gasteiger partial charge >= 0.3 is 0 Å². The van der Waals surface area contributed by atoms with Gasteiger partial charge in [0.15, 0.2) is 0 Å². The second-order valence-electron chi connectivity index (χ2n) is 8.45. The molecular weight excluding hydrogens is 458 g/mol. The summed E-state index contributed by atoms with van der Waals surface area (Å²) >= 11 is 3.49. The summed E-state index contributed by atoms with van der Waals surface area (Å²) in [6, 6.07) is 13.6. The van der Waals surface area contributed by atoms with Gasteiger partial charge in [-0.2, -0.15) is 0 Å². The van der Waals surface area contributed by atoms with Crippen LogP contribution >= 0.6 is 15.9 Å². The van der Waals surface area contributed by atoms with Gasteiger partial charge in [-0.3, -0.25) is 9.59 Å². The van der Waals surface area contributed by atoms with Gasteiger partial charge in [0.25, 0.3) is 0 Å². The number of nitrogens with zero attached hydrogens (tertiary/aromatic N) is 2. The Labute approximate surface area is 191 Å². The summed E-state index contributed by atoms with van der Waals surface area (Å²) in [5.74, 6) is 0.371. The van der Waals surface area contributed by atoms with Crippen molar-refractivity contribution >= 4 is 33.6 Å². The molecule has 6 nitrogen and oxygen atoms in total. The van der Waals surface area contributed by atoms with Crippen molar-refractivity contribution in [3.05, 3.63) is 58.2 Å². The Hall–Kier alpha value is -2.25. The molecule has 2 aliphatic rings. The normalized spacial score (nSPS) is 20.8. The summed E-state index contributed by atoms with van der Waals surface area (Å²) in [7, 11) is 0. The van der Waals surface area contributed by atoms with Crippen LogP contribution in [0.2, 0.25) is 0 Å². The number of piperidine rings is 1. The molecular formula is C24H28BrN3O3. The number of nitrogens with one attached hydrogen (secondary N) is 1. The number of ether oxygens (including phenoxy) is 1. The minimum Gasteiger partial charge on any atom is -0.381 e. The molecule has 31 heavy (non-hydrogen) atoms. The van der Waals surface area contributed by atoms with E-state index in [0.717, 1.165) is 28.6 Å². The molecule has 3 heterocycles. The highest BCUT2D eigenvalue weighted by Crippen LogP contribution is 2.38. The maximum Gasteiger partial charge on any atom is 0.233 e. The van der Waals surface area contributed by atoms with Crippen molar-refractivity contribution in [3.63, 3.8) is 0 Å². The Bertz CT molecular complexity index is 941. The van der Waals surface area contributed by atoms with Crippen molar-refractivity contribution in [3.8, 4) is 0 Å². The molecule has 1 aromatic heterocycles. The summed E-state index contributed by atoms with van der Waals surface area (Å²) in [6.07, 6.45) is 2.91. The SMILES string of the molecule is Cc1cccc(NC(=O)C2CCCN(C(=O)C3(c4ccc(Br)cc4)CCOCC3)C2)n1. The van der Waals surface area contributed by atoms with Crippen LogP contribution in [0, 0.1) is 12.8 Å². The first kappa shape index (κ1) is 22.0. The third kappa shape index (κ3) is 4.83. The number of carbonyl (C=O) groups excluding carboxylic acids is 2. The van der Waals surface area contributed by atoms with Gasteiger partial charge < -0.3 is 15.0 Å². The van der Waals surface area contributed by atoms with Crippen molar-refractivity contribution in [2.45, 2.75) is 38.0 Å².